The summed E-state index contributed by atoms with van der Waals surface area (Å²) in [6.45, 7) is 0. The molecule has 0 bridgehead atoms. The van der Waals surface area contributed by atoms with Gasteiger partial charge in [-0.15, -0.1) is 0 Å². The van der Waals surface area contributed by atoms with Crippen LogP contribution >= 0.6 is 0 Å². The molecule has 4 aromatic carbocycles. The third kappa shape index (κ3) is 6.10. The monoisotopic (exact) mass is 616 g/mol. The van der Waals surface area contributed by atoms with Crippen molar-refractivity contribution in [2.24, 2.45) is 0 Å². The van der Waals surface area contributed by atoms with Crippen LogP contribution in [0, 0.1) is 0 Å². The first-order valence-corrected chi connectivity index (χ1v) is 15.7. The van der Waals surface area contributed by atoms with Gasteiger partial charge in [0.2, 0.25) is 0 Å². The highest BCUT2D eigenvalue weighted by atomic mass is 15.0. The molecule has 226 valence electrons. The molecule has 8 aromatic rings. The Balaban J connectivity index is 1.16. The summed E-state index contributed by atoms with van der Waals surface area (Å²) in [7, 11) is 0. The van der Waals surface area contributed by atoms with Crippen LogP contribution < -0.4 is 0 Å². The molecule has 0 saturated heterocycles. The molecule has 4 aromatic heterocycles. The van der Waals surface area contributed by atoms with Gasteiger partial charge >= 0.3 is 0 Å². The van der Waals surface area contributed by atoms with Crippen LogP contribution in [0.2, 0.25) is 0 Å². The molecule has 0 aliphatic heterocycles. The maximum atomic E-state index is 4.93. The Kier molecular flexibility index (Phi) is 7.79. The van der Waals surface area contributed by atoms with Gasteiger partial charge in [0.25, 0.3) is 0 Å². The number of rotatable bonds is 7. The number of aromatic nitrogens is 6. The quantitative estimate of drug-likeness (QED) is 0.177. The minimum Gasteiger partial charge on any atom is -0.255 e. The van der Waals surface area contributed by atoms with Crippen molar-refractivity contribution in [2.45, 2.75) is 0 Å². The van der Waals surface area contributed by atoms with Crippen LogP contribution in [0.3, 0.4) is 0 Å². The van der Waals surface area contributed by atoms with E-state index in [0.717, 1.165) is 61.7 Å². The number of hydrogen-bond acceptors (Lipinski definition) is 6. The topological polar surface area (TPSA) is 77.3 Å². The number of nitrogens with zero attached hydrogens (tertiary/aromatic N) is 6. The summed E-state index contributed by atoms with van der Waals surface area (Å²) in [4.78, 5) is 28.6. The molecular formula is C42H28N6. The van der Waals surface area contributed by atoms with Gasteiger partial charge in [-0.2, -0.15) is 0 Å². The first-order valence-electron chi connectivity index (χ1n) is 15.7. The van der Waals surface area contributed by atoms with Crippen molar-refractivity contribution in [1.29, 1.82) is 0 Å². The average Bonchev–Trinajstić information content (AvgIpc) is 3.19. The van der Waals surface area contributed by atoms with Gasteiger partial charge < -0.3 is 0 Å². The molecule has 0 atom stereocenters. The van der Waals surface area contributed by atoms with Crippen molar-refractivity contribution in [3.63, 3.8) is 0 Å². The Morgan fingerprint density at radius 1 is 0.250 bits per heavy atom. The summed E-state index contributed by atoms with van der Waals surface area (Å²) in [5.74, 6) is 1.91. The van der Waals surface area contributed by atoms with Crippen molar-refractivity contribution in [2.75, 3.05) is 0 Å². The van der Waals surface area contributed by atoms with E-state index < -0.39 is 0 Å². The number of pyridine rings is 3. The molecule has 48 heavy (non-hydrogen) atoms. The van der Waals surface area contributed by atoms with E-state index in [2.05, 4.69) is 70.6 Å². The fourth-order valence-electron chi connectivity index (χ4n) is 5.62. The van der Waals surface area contributed by atoms with E-state index in [1.165, 1.54) is 0 Å². The van der Waals surface area contributed by atoms with Gasteiger partial charge in [0.15, 0.2) is 17.5 Å². The predicted molar refractivity (Wildman–Crippen MR) is 191 cm³/mol. The lowest BCUT2D eigenvalue weighted by molar-refractivity contribution is 1.07. The van der Waals surface area contributed by atoms with Gasteiger partial charge in [-0.3, -0.25) is 9.97 Å². The summed E-state index contributed by atoms with van der Waals surface area (Å²) in [5.41, 5.74) is 10.3. The van der Waals surface area contributed by atoms with Crippen LogP contribution in [-0.2, 0) is 0 Å². The Bertz CT molecular complexity index is 2190. The smallest absolute Gasteiger partial charge is 0.164 e. The highest BCUT2D eigenvalue weighted by molar-refractivity contribution is 5.79. The zero-order valence-corrected chi connectivity index (χ0v) is 25.8. The zero-order chi connectivity index (χ0) is 32.1. The first-order chi connectivity index (χ1) is 23.8. The zero-order valence-electron chi connectivity index (χ0n) is 25.8. The lowest BCUT2D eigenvalue weighted by Gasteiger charge is -2.11. The van der Waals surface area contributed by atoms with E-state index >= 15 is 0 Å². The predicted octanol–water partition coefficient (Wildman–Crippen LogP) is 9.73. The fourth-order valence-corrected chi connectivity index (χ4v) is 5.62. The molecular weight excluding hydrogens is 589 g/mol. The molecule has 0 N–H and O–H groups in total. The van der Waals surface area contributed by atoms with Gasteiger partial charge in [-0.05, 0) is 64.7 Å². The Morgan fingerprint density at radius 2 is 0.667 bits per heavy atom. The van der Waals surface area contributed by atoms with Gasteiger partial charge in [0.1, 0.15) is 0 Å². The van der Waals surface area contributed by atoms with Crippen LogP contribution in [0.25, 0.3) is 79.2 Å². The summed E-state index contributed by atoms with van der Waals surface area (Å²) in [6, 6.07) is 52.9. The van der Waals surface area contributed by atoms with Gasteiger partial charge in [-0.25, -0.2) is 19.9 Å². The van der Waals surface area contributed by atoms with Crippen LogP contribution in [0.4, 0.5) is 0 Å². The van der Waals surface area contributed by atoms with Crippen molar-refractivity contribution < 1.29 is 0 Å². The Hall–Kier alpha value is -6.66. The maximum Gasteiger partial charge on any atom is 0.164 e. The van der Waals surface area contributed by atoms with Crippen molar-refractivity contribution in [3.8, 4) is 79.2 Å². The molecule has 0 spiro atoms. The number of benzene rings is 4. The highest BCUT2D eigenvalue weighted by Crippen LogP contribution is 2.32. The lowest BCUT2D eigenvalue weighted by atomic mass is 9.97. The van der Waals surface area contributed by atoms with Crippen LogP contribution in [-0.4, -0.2) is 29.9 Å². The maximum absolute atomic E-state index is 4.93. The van der Waals surface area contributed by atoms with Crippen molar-refractivity contribution >= 4 is 0 Å². The van der Waals surface area contributed by atoms with Crippen molar-refractivity contribution in [3.05, 3.63) is 170 Å². The molecule has 6 nitrogen and oxygen atoms in total. The normalized spacial score (nSPS) is 10.9. The minimum atomic E-state index is 0.629. The molecule has 0 aliphatic rings. The molecule has 0 amide bonds. The minimum absolute atomic E-state index is 0.629. The molecule has 8 rings (SSSR count). The van der Waals surface area contributed by atoms with E-state index in [1.54, 1.807) is 12.4 Å². The van der Waals surface area contributed by atoms with E-state index in [9.17, 15) is 0 Å². The van der Waals surface area contributed by atoms with Gasteiger partial charge in [0.05, 0.1) is 22.8 Å². The van der Waals surface area contributed by atoms with E-state index in [4.69, 9.17) is 19.9 Å². The molecule has 0 radical (unpaired) electrons. The Morgan fingerprint density at radius 3 is 1.15 bits per heavy atom. The number of hydrogen-bond donors (Lipinski definition) is 0. The molecule has 0 aliphatic carbocycles. The third-order valence-electron chi connectivity index (χ3n) is 8.05. The lowest BCUT2D eigenvalue weighted by Crippen LogP contribution is -2.00. The summed E-state index contributed by atoms with van der Waals surface area (Å²) in [5, 5.41) is 0. The third-order valence-corrected chi connectivity index (χ3v) is 8.05. The van der Waals surface area contributed by atoms with Crippen LogP contribution in [0.5, 0.6) is 0 Å². The molecule has 0 fully saturated rings. The summed E-state index contributed by atoms with van der Waals surface area (Å²) < 4.78 is 0. The largest absolute Gasteiger partial charge is 0.255 e. The SMILES string of the molecule is c1ccc(-c2nc(-c3ccccc3)nc(-c3ccc(-c4cccc(-c5cc(-c6ccccn6)nc(-c6ccccn6)c5)c4)cc3)n2)cc1. The highest BCUT2D eigenvalue weighted by Gasteiger charge is 2.14. The molecule has 4 heterocycles. The Labute approximate surface area is 278 Å². The van der Waals surface area contributed by atoms with E-state index in [1.807, 2.05) is 97.1 Å². The van der Waals surface area contributed by atoms with Gasteiger partial charge in [0, 0.05) is 29.1 Å². The second-order valence-corrected chi connectivity index (χ2v) is 11.3. The fraction of sp³-hybridized carbons (Fsp3) is 0. The van der Waals surface area contributed by atoms with Crippen LogP contribution in [0.1, 0.15) is 0 Å². The van der Waals surface area contributed by atoms with E-state index in [-0.39, 0.29) is 0 Å². The molecule has 0 unspecified atom stereocenters. The average molecular weight is 617 g/mol. The summed E-state index contributed by atoms with van der Waals surface area (Å²) >= 11 is 0. The van der Waals surface area contributed by atoms with E-state index in [0.29, 0.717) is 17.5 Å². The second kappa shape index (κ2) is 13.0. The van der Waals surface area contributed by atoms with Gasteiger partial charge in [-0.1, -0.05) is 115 Å². The molecule has 0 saturated carbocycles. The van der Waals surface area contributed by atoms with Crippen LogP contribution in [0.15, 0.2) is 170 Å². The second-order valence-electron chi connectivity index (χ2n) is 11.3. The van der Waals surface area contributed by atoms with Crippen molar-refractivity contribution in [1.82, 2.24) is 29.9 Å². The molecule has 6 heteroatoms. The summed E-state index contributed by atoms with van der Waals surface area (Å²) in [6.07, 6.45) is 3.58. The standard InChI is InChI=1S/C42H28N6/c1-3-12-30(13-4-1)40-46-41(31-14-5-2-6-15-31)48-42(47-40)32-22-20-29(21-23-32)33-16-11-17-34(26-33)35-27-38(36-18-7-9-24-43-36)45-39(28-35)37-19-8-10-25-44-37/h1-28H. The first kappa shape index (κ1) is 28.8.